The zero-order valence-corrected chi connectivity index (χ0v) is 18.9. The van der Waals surface area contributed by atoms with Gasteiger partial charge in [0.2, 0.25) is 0 Å². The van der Waals surface area contributed by atoms with Crippen LogP contribution in [-0.2, 0) is 9.59 Å². The Kier molecular flexibility index (Phi) is 5.42. The Morgan fingerprint density at radius 2 is 1.39 bits per heavy atom. The summed E-state index contributed by atoms with van der Waals surface area (Å²) >= 11 is 0. The van der Waals surface area contributed by atoms with E-state index < -0.39 is 0 Å². The van der Waals surface area contributed by atoms with E-state index >= 15 is 0 Å². The van der Waals surface area contributed by atoms with Gasteiger partial charge in [0.05, 0.1) is 11.3 Å². The molecule has 33 heavy (non-hydrogen) atoms. The van der Waals surface area contributed by atoms with Gasteiger partial charge in [-0.3, -0.25) is 9.59 Å². The van der Waals surface area contributed by atoms with Crippen LogP contribution in [0.25, 0.3) is 5.57 Å². The first kappa shape index (κ1) is 20.9. The fourth-order valence-electron chi connectivity index (χ4n) is 4.53. The van der Waals surface area contributed by atoms with E-state index in [2.05, 4.69) is 14.8 Å². The minimum atomic E-state index is -0.264. The topological polar surface area (TPSA) is 56.8 Å². The number of piperazine rings is 1. The van der Waals surface area contributed by atoms with Crippen molar-refractivity contribution < 1.29 is 9.59 Å². The van der Waals surface area contributed by atoms with Crippen LogP contribution in [0.15, 0.2) is 78.6 Å². The molecular weight excluding hydrogens is 412 g/mol. The van der Waals surface area contributed by atoms with E-state index in [0.29, 0.717) is 30.0 Å². The molecule has 0 unspecified atom stereocenters. The van der Waals surface area contributed by atoms with Crippen LogP contribution >= 0.6 is 0 Å². The van der Waals surface area contributed by atoms with Gasteiger partial charge >= 0.3 is 0 Å². The van der Waals surface area contributed by atoms with E-state index in [-0.39, 0.29) is 11.8 Å². The van der Waals surface area contributed by atoms with Crippen LogP contribution in [0.5, 0.6) is 0 Å². The van der Waals surface area contributed by atoms with Crippen LogP contribution in [0.2, 0.25) is 0 Å². The van der Waals surface area contributed by atoms with Crippen LogP contribution in [0, 0.1) is 13.8 Å². The second-order valence-electron chi connectivity index (χ2n) is 8.48. The minimum absolute atomic E-state index is 0.254. The van der Waals surface area contributed by atoms with Crippen LogP contribution in [0.1, 0.15) is 16.7 Å². The number of para-hydroxylation sites is 1. The molecule has 0 aliphatic carbocycles. The van der Waals surface area contributed by atoms with Crippen molar-refractivity contribution in [3.05, 3.63) is 95.3 Å². The predicted octanol–water partition coefficient (Wildman–Crippen LogP) is 3.81. The minimum Gasteiger partial charge on any atom is -0.363 e. The maximum atomic E-state index is 13.7. The fraction of sp³-hybridized carbons (Fsp3) is 0.222. The quantitative estimate of drug-likeness (QED) is 0.580. The van der Waals surface area contributed by atoms with Crippen molar-refractivity contribution in [3.63, 3.8) is 0 Å². The molecular formula is C27H26N4O2. The van der Waals surface area contributed by atoms with Gasteiger partial charge < -0.3 is 9.80 Å². The maximum absolute atomic E-state index is 13.7. The molecule has 2 aliphatic rings. The lowest BCUT2D eigenvalue weighted by molar-refractivity contribution is -0.120. The first-order valence-electron chi connectivity index (χ1n) is 11.2. The van der Waals surface area contributed by atoms with Gasteiger partial charge in [-0.25, -0.2) is 9.88 Å². The number of carbonyl (C=O) groups is 2. The smallest absolute Gasteiger partial charge is 0.282 e. The van der Waals surface area contributed by atoms with Crippen LogP contribution in [0.4, 0.5) is 11.5 Å². The number of imide groups is 1. The van der Waals surface area contributed by atoms with E-state index in [1.165, 1.54) is 4.90 Å². The summed E-state index contributed by atoms with van der Waals surface area (Å²) < 4.78 is 0. The number of benzene rings is 2. The summed E-state index contributed by atoms with van der Waals surface area (Å²) in [6, 6.07) is 21.2. The molecule has 0 radical (unpaired) electrons. The van der Waals surface area contributed by atoms with Crippen molar-refractivity contribution in [2.45, 2.75) is 13.8 Å². The summed E-state index contributed by atoms with van der Waals surface area (Å²) in [5.41, 5.74) is 4.39. The third-order valence-corrected chi connectivity index (χ3v) is 6.33. The lowest BCUT2D eigenvalue weighted by atomic mass is 10.0. The highest BCUT2D eigenvalue weighted by atomic mass is 16.2. The van der Waals surface area contributed by atoms with Crippen LogP contribution < -0.4 is 9.80 Å². The molecule has 2 amide bonds. The van der Waals surface area contributed by atoms with Crippen LogP contribution in [-0.4, -0.2) is 47.9 Å². The number of amides is 2. The van der Waals surface area contributed by atoms with Gasteiger partial charge in [0.1, 0.15) is 11.5 Å². The van der Waals surface area contributed by atoms with Crippen molar-refractivity contribution in [1.29, 1.82) is 0 Å². The molecule has 2 aromatic carbocycles. The Bertz CT molecular complexity index is 1230. The summed E-state index contributed by atoms with van der Waals surface area (Å²) in [5.74, 6) is 0.414. The second kappa shape index (κ2) is 8.54. The number of aryl methyl sites for hydroxylation is 2. The number of nitrogens with zero attached hydrogens (tertiary/aromatic N) is 4. The Labute approximate surface area is 193 Å². The largest absolute Gasteiger partial charge is 0.363 e. The first-order chi connectivity index (χ1) is 16.0. The van der Waals surface area contributed by atoms with Gasteiger partial charge in [-0.2, -0.15) is 0 Å². The molecule has 6 nitrogen and oxygen atoms in total. The summed E-state index contributed by atoms with van der Waals surface area (Å²) in [5, 5.41) is 0. The highest BCUT2D eigenvalue weighted by Gasteiger charge is 2.43. The Morgan fingerprint density at radius 3 is 2.06 bits per heavy atom. The molecule has 166 valence electrons. The lowest BCUT2D eigenvalue weighted by Gasteiger charge is -2.37. The normalized spacial score (nSPS) is 16.7. The maximum Gasteiger partial charge on any atom is 0.282 e. The van der Waals surface area contributed by atoms with E-state index in [1.807, 2.05) is 80.6 Å². The van der Waals surface area contributed by atoms with Gasteiger partial charge in [0.25, 0.3) is 11.8 Å². The molecule has 0 saturated carbocycles. The van der Waals surface area contributed by atoms with Crippen molar-refractivity contribution in [3.8, 4) is 0 Å². The molecule has 2 aliphatic heterocycles. The molecule has 0 bridgehead atoms. The average molecular weight is 439 g/mol. The third kappa shape index (κ3) is 3.78. The van der Waals surface area contributed by atoms with Crippen molar-refractivity contribution in [2.75, 3.05) is 36.0 Å². The zero-order valence-electron chi connectivity index (χ0n) is 18.9. The highest BCUT2D eigenvalue weighted by Crippen LogP contribution is 2.36. The number of rotatable bonds is 4. The van der Waals surface area contributed by atoms with E-state index in [4.69, 9.17) is 0 Å². The van der Waals surface area contributed by atoms with Gasteiger partial charge in [-0.15, -0.1) is 0 Å². The molecule has 0 atom stereocenters. The van der Waals surface area contributed by atoms with Crippen LogP contribution in [0.3, 0.4) is 0 Å². The van der Waals surface area contributed by atoms with E-state index in [9.17, 15) is 9.59 Å². The molecule has 6 heteroatoms. The SMILES string of the molecule is Cc1ccc(C2=C(N3CCN(c4ccccn4)CC3)C(=O)N(c3ccccc3C)C2=O)cc1. The summed E-state index contributed by atoms with van der Waals surface area (Å²) in [6.07, 6.45) is 1.79. The fourth-order valence-corrected chi connectivity index (χ4v) is 4.53. The third-order valence-electron chi connectivity index (χ3n) is 6.33. The number of hydrogen-bond donors (Lipinski definition) is 0. The van der Waals surface area contributed by atoms with Gasteiger partial charge in [-0.05, 0) is 43.2 Å². The second-order valence-corrected chi connectivity index (χ2v) is 8.48. The Morgan fingerprint density at radius 1 is 0.727 bits per heavy atom. The molecule has 3 heterocycles. The average Bonchev–Trinajstić information content (AvgIpc) is 3.10. The molecule has 0 N–H and O–H groups in total. The molecule has 1 fully saturated rings. The summed E-state index contributed by atoms with van der Waals surface area (Å²) in [4.78, 5) is 37.5. The Balaban J connectivity index is 1.52. The summed E-state index contributed by atoms with van der Waals surface area (Å²) in [7, 11) is 0. The van der Waals surface area contributed by atoms with Crippen molar-refractivity contribution in [1.82, 2.24) is 9.88 Å². The van der Waals surface area contributed by atoms with E-state index in [1.54, 1.807) is 6.20 Å². The van der Waals surface area contributed by atoms with Gasteiger partial charge in [-0.1, -0.05) is 54.1 Å². The van der Waals surface area contributed by atoms with Gasteiger partial charge in [0.15, 0.2) is 0 Å². The molecule has 1 aromatic heterocycles. The number of pyridine rings is 1. The van der Waals surface area contributed by atoms with E-state index in [0.717, 1.165) is 35.6 Å². The van der Waals surface area contributed by atoms with Gasteiger partial charge in [0, 0.05) is 32.4 Å². The number of aromatic nitrogens is 1. The highest BCUT2D eigenvalue weighted by molar-refractivity contribution is 6.45. The molecule has 0 spiro atoms. The summed E-state index contributed by atoms with van der Waals surface area (Å²) in [6.45, 7) is 6.67. The number of anilines is 2. The van der Waals surface area contributed by atoms with Crippen molar-refractivity contribution >= 4 is 28.9 Å². The lowest BCUT2D eigenvalue weighted by Crippen LogP contribution is -2.48. The predicted molar refractivity (Wildman–Crippen MR) is 130 cm³/mol. The molecule has 5 rings (SSSR count). The molecule has 1 saturated heterocycles. The monoisotopic (exact) mass is 438 g/mol. The first-order valence-corrected chi connectivity index (χ1v) is 11.2. The number of carbonyl (C=O) groups excluding carboxylic acids is 2. The zero-order chi connectivity index (χ0) is 22.9. The van der Waals surface area contributed by atoms with Crippen molar-refractivity contribution in [2.24, 2.45) is 0 Å². The number of hydrogen-bond acceptors (Lipinski definition) is 5. The Hall–Kier alpha value is -3.93. The standard InChI is InChI=1S/C27H26N4O2/c1-19-10-12-21(13-11-19)24-25(27(33)31(26(24)32)22-8-4-3-7-20(22)2)30-17-15-29(16-18-30)23-9-5-6-14-28-23/h3-14H,15-18H2,1-2H3. The molecule has 3 aromatic rings.